The number of nitrogens with two attached hydrogens (primary N) is 1. The zero-order valence-corrected chi connectivity index (χ0v) is 13.5. The summed E-state index contributed by atoms with van der Waals surface area (Å²) in [5.74, 6) is 2.27. The van der Waals surface area contributed by atoms with Crippen LogP contribution in [0.15, 0.2) is 24.3 Å². The molecule has 0 radical (unpaired) electrons. The van der Waals surface area contributed by atoms with Crippen LogP contribution < -0.4 is 10.6 Å². The van der Waals surface area contributed by atoms with Crippen LogP contribution in [-0.2, 0) is 0 Å². The summed E-state index contributed by atoms with van der Waals surface area (Å²) in [5.41, 5.74) is 9.00. The molecule has 2 rings (SSSR count). The molecule has 1 aliphatic rings. The Kier molecular flexibility index (Phi) is 5.09. The molecule has 0 spiro atoms. The lowest BCUT2D eigenvalue weighted by Crippen LogP contribution is -2.43. The molecule has 20 heavy (non-hydrogen) atoms. The number of rotatable bonds is 4. The second-order valence-corrected chi connectivity index (χ2v) is 6.96. The van der Waals surface area contributed by atoms with Crippen molar-refractivity contribution in [2.45, 2.75) is 46.1 Å². The van der Waals surface area contributed by atoms with E-state index in [1.54, 1.807) is 0 Å². The Hall–Kier alpha value is -1.02. The molecule has 1 aromatic rings. The first-order valence-corrected chi connectivity index (χ1v) is 8.00. The van der Waals surface area contributed by atoms with Gasteiger partial charge in [-0.1, -0.05) is 26.0 Å². The molecule has 3 atom stereocenters. The van der Waals surface area contributed by atoms with Gasteiger partial charge in [0.15, 0.2) is 0 Å². The normalized spacial score (nSPS) is 26.8. The third-order valence-electron chi connectivity index (χ3n) is 4.98. The highest BCUT2D eigenvalue weighted by Crippen LogP contribution is 2.34. The van der Waals surface area contributed by atoms with Crippen LogP contribution in [0.4, 0.5) is 5.69 Å². The molecule has 0 bridgehead atoms. The van der Waals surface area contributed by atoms with Crippen molar-refractivity contribution in [1.29, 1.82) is 0 Å². The van der Waals surface area contributed by atoms with Crippen molar-refractivity contribution >= 4 is 5.69 Å². The summed E-state index contributed by atoms with van der Waals surface area (Å²) in [6, 6.07) is 9.12. The molecule has 112 valence electrons. The van der Waals surface area contributed by atoms with Crippen molar-refractivity contribution < 1.29 is 0 Å². The molecular formula is C18H30N2. The zero-order valence-electron chi connectivity index (χ0n) is 13.5. The molecule has 2 N–H and O–H groups in total. The van der Waals surface area contributed by atoms with Crippen LogP contribution in [0.5, 0.6) is 0 Å². The molecule has 0 heterocycles. The topological polar surface area (TPSA) is 29.3 Å². The predicted octanol–water partition coefficient (Wildman–Crippen LogP) is 3.83. The minimum absolute atomic E-state index is 0.372. The van der Waals surface area contributed by atoms with E-state index in [0.717, 1.165) is 18.4 Å². The summed E-state index contributed by atoms with van der Waals surface area (Å²) < 4.78 is 0. The van der Waals surface area contributed by atoms with Crippen LogP contribution in [-0.4, -0.2) is 19.6 Å². The zero-order chi connectivity index (χ0) is 14.7. The SMILES string of the molecule is Cc1cccc(N(C)CC2CC(C(C)C)CCC2N)c1. The second-order valence-electron chi connectivity index (χ2n) is 6.96. The molecule has 3 unspecified atom stereocenters. The van der Waals surface area contributed by atoms with E-state index in [9.17, 15) is 0 Å². The first-order chi connectivity index (χ1) is 9.47. The summed E-state index contributed by atoms with van der Waals surface area (Å²) >= 11 is 0. The molecule has 0 saturated heterocycles. The van der Waals surface area contributed by atoms with Gasteiger partial charge >= 0.3 is 0 Å². The third kappa shape index (κ3) is 3.76. The van der Waals surface area contributed by atoms with E-state index in [1.165, 1.54) is 30.5 Å². The Labute approximate surface area is 124 Å². The molecule has 0 aromatic heterocycles. The average molecular weight is 274 g/mol. The van der Waals surface area contributed by atoms with Gasteiger partial charge < -0.3 is 10.6 Å². The largest absolute Gasteiger partial charge is 0.374 e. The van der Waals surface area contributed by atoms with Crippen molar-refractivity contribution in [2.24, 2.45) is 23.5 Å². The van der Waals surface area contributed by atoms with Crippen molar-refractivity contribution in [2.75, 3.05) is 18.5 Å². The monoisotopic (exact) mass is 274 g/mol. The van der Waals surface area contributed by atoms with Crippen molar-refractivity contribution in [3.8, 4) is 0 Å². The first-order valence-electron chi connectivity index (χ1n) is 8.00. The molecular weight excluding hydrogens is 244 g/mol. The van der Waals surface area contributed by atoms with E-state index < -0.39 is 0 Å². The van der Waals surface area contributed by atoms with Crippen LogP contribution in [0.1, 0.15) is 38.7 Å². The quantitative estimate of drug-likeness (QED) is 0.904. The van der Waals surface area contributed by atoms with E-state index in [1.807, 2.05) is 0 Å². The summed E-state index contributed by atoms with van der Waals surface area (Å²) in [4.78, 5) is 2.38. The van der Waals surface area contributed by atoms with Gasteiger partial charge in [-0.3, -0.25) is 0 Å². The van der Waals surface area contributed by atoms with Gasteiger partial charge in [-0.15, -0.1) is 0 Å². The summed E-state index contributed by atoms with van der Waals surface area (Å²) in [7, 11) is 2.19. The maximum atomic E-state index is 6.37. The lowest BCUT2D eigenvalue weighted by atomic mass is 9.74. The lowest BCUT2D eigenvalue weighted by molar-refractivity contribution is 0.193. The number of benzene rings is 1. The highest BCUT2D eigenvalue weighted by atomic mass is 15.1. The fourth-order valence-electron chi connectivity index (χ4n) is 3.46. The maximum absolute atomic E-state index is 6.37. The minimum Gasteiger partial charge on any atom is -0.374 e. The first kappa shape index (κ1) is 15.4. The molecule has 0 amide bonds. The number of nitrogens with zero attached hydrogens (tertiary/aromatic N) is 1. The van der Waals surface area contributed by atoms with Crippen molar-refractivity contribution in [3.63, 3.8) is 0 Å². The Morgan fingerprint density at radius 2 is 2.05 bits per heavy atom. The fraction of sp³-hybridized carbons (Fsp3) is 0.667. The van der Waals surface area contributed by atoms with Gasteiger partial charge in [-0.25, -0.2) is 0 Å². The Morgan fingerprint density at radius 3 is 2.70 bits per heavy atom. The van der Waals surface area contributed by atoms with Gasteiger partial charge in [0.05, 0.1) is 0 Å². The van der Waals surface area contributed by atoms with Crippen molar-refractivity contribution in [1.82, 2.24) is 0 Å². The molecule has 1 aromatic carbocycles. The average Bonchev–Trinajstić information content (AvgIpc) is 2.41. The van der Waals surface area contributed by atoms with Gasteiger partial charge in [0.25, 0.3) is 0 Å². The standard InChI is InChI=1S/C18H30N2/c1-13(2)15-8-9-18(19)16(11-15)12-20(4)17-7-5-6-14(3)10-17/h5-7,10,13,15-16,18H,8-9,11-12,19H2,1-4H3. The fourth-order valence-corrected chi connectivity index (χ4v) is 3.46. The smallest absolute Gasteiger partial charge is 0.0366 e. The number of hydrogen-bond donors (Lipinski definition) is 1. The maximum Gasteiger partial charge on any atom is 0.0366 e. The highest BCUT2D eigenvalue weighted by Gasteiger charge is 2.30. The van der Waals surface area contributed by atoms with Gasteiger partial charge in [0.1, 0.15) is 0 Å². The highest BCUT2D eigenvalue weighted by molar-refractivity contribution is 5.47. The summed E-state index contributed by atoms with van der Waals surface area (Å²) in [5, 5.41) is 0. The molecule has 1 fully saturated rings. The van der Waals surface area contributed by atoms with Gasteiger partial charge in [0.2, 0.25) is 0 Å². The third-order valence-corrected chi connectivity index (χ3v) is 4.98. The Balaban J connectivity index is 2.00. The van der Waals surface area contributed by atoms with E-state index in [0.29, 0.717) is 12.0 Å². The number of aryl methyl sites for hydroxylation is 1. The van der Waals surface area contributed by atoms with Gasteiger partial charge in [0, 0.05) is 25.3 Å². The van der Waals surface area contributed by atoms with E-state index >= 15 is 0 Å². The summed E-state index contributed by atoms with van der Waals surface area (Å²) in [6.07, 6.45) is 3.79. The van der Waals surface area contributed by atoms with E-state index in [2.05, 4.69) is 57.0 Å². The number of hydrogen-bond acceptors (Lipinski definition) is 2. The van der Waals surface area contributed by atoms with E-state index in [-0.39, 0.29) is 0 Å². The second kappa shape index (κ2) is 6.62. The molecule has 1 saturated carbocycles. The van der Waals surface area contributed by atoms with Gasteiger partial charge in [-0.05, 0) is 61.6 Å². The van der Waals surface area contributed by atoms with Gasteiger partial charge in [-0.2, -0.15) is 0 Å². The number of anilines is 1. The molecule has 2 nitrogen and oxygen atoms in total. The van der Waals surface area contributed by atoms with Crippen molar-refractivity contribution in [3.05, 3.63) is 29.8 Å². The molecule has 2 heteroatoms. The van der Waals surface area contributed by atoms with Crippen LogP contribution in [0.25, 0.3) is 0 Å². The Bertz CT molecular complexity index is 427. The van der Waals surface area contributed by atoms with Crippen LogP contribution in [0, 0.1) is 24.7 Å². The lowest BCUT2D eigenvalue weighted by Gasteiger charge is -2.38. The van der Waals surface area contributed by atoms with Crippen LogP contribution in [0.2, 0.25) is 0 Å². The Morgan fingerprint density at radius 1 is 1.30 bits per heavy atom. The molecule has 0 aliphatic heterocycles. The predicted molar refractivity (Wildman–Crippen MR) is 88.1 cm³/mol. The minimum atomic E-state index is 0.372. The van der Waals surface area contributed by atoms with Crippen LogP contribution >= 0.6 is 0 Å². The van der Waals surface area contributed by atoms with E-state index in [4.69, 9.17) is 5.73 Å². The molecule has 1 aliphatic carbocycles. The summed E-state index contributed by atoms with van der Waals surface area (Å²) in [6.45, 7) is 7.93. The van der Waals surface area contributed by atoms with Crippen LogP contribution in [0.3, 0.4) is 0 Å².